The molecule has 1 aliphatic carbocycles. The molecule has 3 atom stereocenters. The Kier molecular flexibility index (Phi) is 6.87. The molecule has 0 bridgehead atoms. The van der Waals surface area contributed by atoms with Gasteiger partial charge in [-0.1, -0.05) is 19.8 Å². The van der Waals surface area contributed by atoms with Crippen LogP contribution in [-0.4, -0.2) is 44.0 Å². The fraction of sp³-hybridized carbons (Fsp3) is 0.933. The van der Waals surface area contributed by atoms with Crippen LogP contribution in [0.1, 0.15) is 46.0 Å². The van der Waals surface area contributed by atoms with Crippen molar-refractivity contribution in [1.82, 2.24) is 4.90 Å². The van der Waals surface area contributed by atoms with Gasteiger partial charge in [0.1, 0.15) is 5.78 Å². The van der Waals surface area contributed by atoms with E-state index in [9.17, 15) is 4.79 Å². The van der Waals surface area contributed by atoms with E-state index in [-0.39, 0.29) is 5.92 Å². The Morgan fingerprint density at radius 3 is 2.83 bits per heavy atom. The molecule has 18 heavy (non-hydrogen) atoms. The molecular formula is C15H29NO2. The van der Waals surface area contributed by atoms with Crippen LogP contribution in [0.15, 0.2) is 0 Å². The fourth-order valence-electron chi connectivity index (χ4n) is 2.94. The first-order valence-corrected chi connectivity index (χ1v) is 7.30. The van der Waals surface area contributed by atoms with Crippen molar-refractivity contribution in [3.05, 3.63) is 0 Å². The molecule has 0 aromatic rings. The SMILES string of the molecule is CCCC1CCC(=O)C(CN(C)C(C)COC)C1. The number of rotatable bonds is 7. The van der Waals surface area contributed by atoms with Gasteiger partial charge in [0, 0.05) is 32.0 Å². The maximum absolute atomic E-state index is 12.0. The van der Waals surface area contributed by atoms with E-state index in [0.717, 1.165) is 38.3 Å². The molecule has 106 valence electrons. The highest BCUT2D eigenvalue weighted by atomic mass is 16.5. The summed E-state index contributed by atoms with van der Waals surface area (Å²) in [6, 6.07) is 0.384. The van der Waals surface area contributed by atoms with Gasteiger partial charge in [0.15, 0.2) is 0 Å². The van der Waals surface area contributed by atoms with E-state index >= 15 is 0 Å². The predicted octanol–water partition coefficient (Wildman–Crippen LogP) is 2.74. The smallest absolute Gasteiger partial charge is 0.137 e. The molecule has 0 saturated heterocycles. The van der Waals surface area contributed by atoms with Gasteiger partial charge in [0.05, 0.1) is 6.61 Å². The molecule has 3 nitrogen and oxygen atoms in total. The maximum atomic E-state index is 12.0. The summed E-state index contributed by atoms with van der Waals surface area (Å²) in [6.07, 6.45) is 5.52. The number of nitrogens with zero attached hydrogens (tertiary/aromatic N) is 1. The second kappa shape index (κ2) is 7.90. The van der Waals surface area contributed by atoms with Crippen molar-refractivity contribution >= 4 is 5.78 Å². The van der Waals surface area contributed by atoms with Crippen molar-refractivity contribution in [2.45, 2.75) is 52.0 Å². The number of carbonyl (C=O) groups excluding carboxylic acids is 1. The Bertz CT molecular complexity index is 255. The molecule has 0 spiro atoms. The standard InChI is InChI=1S/C15H29NO2/c1-5-6-13-7-8-15(17)14(9-13)10-16(3)12(2)11-18-4/h12-14H,5-11H2,1-4H3. The zero-order chi connectivity index (χ0) is 13.5. The van der Waals surface area contributed by atoms with Crippen LogP contribution in [0.5, 0.6) is 0 Å². The third kappa shape index (κ3) is 4.69. The van der Waals surface area contributed by atoms with E-state index in [1.807, 2.05) is 0 Å². The lowest BCUT2D eigenvalue weighted by atomic mass is 9.78. The molecule has 0 heterocycles. The van der Waals surface area contributed by atoms with Crippen molar-refractivity contribution in [1.29, 1.82) is 0 Å². The topological polar surface area (TPSA) is 29.5 Å². The minimum absolute atomic E-state index is 0.250. The Labute approximate surface area is 112 Å². The second-order valence-electron chi connectivity index (χ2n) is 5.84. The molecule has 1 saturated carbocycles. The lowest BCUT2D eigenvalue weighted by Crippen LogP contribution is -2.40. The first kappa shape index (κ1) is 15.6. The molecule has 3 heteroatoms. The van der Waals surface area contributed by atoms with Crippen LogP contribution in [0.25, 0.3) is 0 Å². The van der Waals surface area contributed by atoms with Gasteiger partial charge in [0.2, 0.25) is 0 Å². The molecule has 0 radical (unpaired) electrons. The number of carbonyl (C=O) groups is 1. The maximum Gasteiger partial charge on any atom is 0.137 e. The average Bonchev–Trinajstić information content (AvgIpc) is 2.34. The van der Waals surface area contributed by atoms with Gasteiger partial charge in [-0.05, 0) is 32.7 Å². The van der Waals surface area contributed by atoms with E-state index in [1.165, 1.54) is 12.8 Å². The number of Topliss-reactive ketones (excluding diaryl/α,β-unsaturated/α-hetero) is 1. The van der Waals surface area contributed by atoms with E-state index < -0.39 is 0 Å². The summed E-state index contributed by atoms with van der Waals surface area (Å²) in [6.45, 7) is 6.01. The largest absolute Gasteiger partial charge is 0.383 e. The lowest BCUT2D eigenvalue weighted by Gasteiger charge is -2.33. The van der Waals surface area contributed by atoms with Crippen molar-refractivity contribution in [2.24, 2.45) is 11.8 Å². The zero-order valence-corrected chi connectivity index (χ0v) is 12.4. The summed E-state index contributed by atoms with van der Waals surface area (Å²) < 4.78 is 5.17. The van der Waals surface area contributed by atoms with Crippen molar-refractivity contribution in [3.63, 3.8) is 0 Å². The van der Waals surface area contributed by atoms with E-state index in [1.54, 1.807) is 7.11 Å². The molecule has 1 fully saturated rings. The molecule has 0 amide bonds. The van der Waals surface area contributed by atoms with Gasteiger partial charge in [-0.25, -0.2) is 0 Å². The van der Waals surface area contributed by atoms with Gasteiger partial charge in [-0.3, -0.25) is 4.79 Å². The van der Waals surface area contributed by atoms with Crippen LogP contribution in [0.4, 0.5) is 0 Å². The quantitative estimate of drug-likeness (QED) is 0.700. The average molecular weight is 255 g/mol. The molecular weight excluding hydrogens is 226 g/mol. The molecule has 1 aliphatic rings. The molecule has 0 aliphatic heterocycles. The summed E-state index contributed by atoms with van der Waals surface area (Å²) in [7, 11) is 3.83. The van der Waals surface area contributed by atoms with E-state index in [4.69, 9.17) is 4.74 Å². The second-order valence-corrected chi connectivity index (χ2v) is 5.84. The van der Waals surface area contributed by atoms with Crippen molar-refractivity contribution in [2.75, 3.05) is 27.3 Å². The number of hydrogen-bond donors (Lipinski definition) is 0. The van der Waals surface area contributed by atoms with Gasteiger partial charge in [0.25, 0.3) is 0 Å². The fourth-order valence-corrected chi connectivity index (χ4v) is 2.94. The molecule has 0 aromatic carbocycles. The van der Waals surface area contributed by atoms with Crippen LogP contribution < -0.4 is 0 Å². The number of ether oxygens (including phenoxy) is 1. The van der Waals surface area contributed by atoms with Crippen LogP contribution in [0.3, 0.4) is 0 Å². The normalized spacial score (nSPS) is 26.6. The first-order valence-electron chi connectivity index (χ1n) is 7.30. The monoisotopic (exact) mass is 255 g/mol. The molecule has 1 rings (SSSR count). The van der Waals surface area contributed by atoms with Crippen LogP contribution in [-0.2, 0) is 9.53 Å². The van der Waals surface area contributed by atoms with Crippen LogP contribution in [0.2, 0.25) is 0 Å². The number of hydrogen-bond acceptors (Lipinski definition) is 3. The molecule has 0 N–H and O–H groups in total. The zero-order valence-electron chi connectivity index (χ0n) is 12.4. The summed E-state index contributed by atoms with van der Waals surface area (Å²) in [4.78, 5) is 14.3. The van der Waals surface area contributed by atoms with Gasteiger partial charge in [-0.2, -0.15) is 0 Å². The van der Waals surface area contributed by atoms with Crippen LogP contribution >= 0.6 is 0 Å². The van der Waals surface area contributed by atoms with Gasteiger partial charge < -0.3 is 9.64 Å². The number of methoxy groups -OCH3 is 1. The first-order chi connectivity index (χ1) is 8.58. The summed E-state index contributed by atoms with van der Waals surface area (Å²) >= 11 is 0. The molecule has 3 unspecified atom stereocenters. The number of ketones is 1. The highest BCUT2D eigenvalue weighted by Crippen LogP contribution is 2.30. The van der Waals surface area contributed by atoms with Gasteiger partial charge >= 0.3 is 0 Å². The van der Waals surface area contributed by atoms with Crippen LogP contribution in [0, 0.1) is 11.8 Å². The Morgan fingerprint density at radius 2 is 2.22 bits per heavy atom. The predicted molar refractivity (Wildman–Crippen MR) is 74.7 cm³/mol. The summed E-state index contributed by atoms with van der Waals surface area (Å²) in [5.74, 6) is 1.49. The Hall–Kier alpha value is -0.410. The lowest BCUT2D eigenvalue weighted by molar-refractivity contribution is -0.126. The Balaban J connectivity index is 2.45. The third-order valence-corrected chi connectivity index (χ3v) is 4.24. The van der Waals surface area contributed by atoms with Crippen molar-refractivity contribution in [3.8, 4) is 0 Å². The van der Waals surface area contributed by atoms with E-state index in [2.05, 4.69) is 25.8 Å². The summed E-state index contributed by atoms with van der Waals surface area (Å²) in [5, 5.41) is 0. The van der Waals surface area contributed by atoms with Crippen molar-refractivity contribution < 1.29 is 9.53 Å². The third-order valence-electron chi connectivity index (χ3n) is 4.24. The van der Waals surface area contributed by atoms with E-state index in [0.29, 0.717) is 11.8 Å². The molecule has 0 aromatic heterocycles. The minimum Gasteiger partial charge on any atom is -0.383 e. The minimum atomic E-state index is 0.250. The number of likely N-dealkylation sites (N-methyl/N-ethyl adjacent to an activating group) is 1. The summed E-state index contributed by atoms with van der Waals surface area (Å²) in [5.41, 5.74) is 0. The van der Waals surface area contributed by atoms with Gasteiger partial charge in [-0.15, -0.1) is 0 Å². The highest BCUT2D eigenvalue weighted by molar-refractivity contribution is 5.81. The highest BCUT2D eigenvalue weighted by Gasteiger charge is 2.29. The Morgan fingerprint density at radius 1 is 1.50 bits per heavy atom.